The van der Waals surface area contributed by atoms with E-state index in [1.807, 2.05) is 0 Å². The summed E-state index contributed by atoms with van der Waals surface area (Å²) < 4.78 is 13.7. The summed E-state index contributed by atoms with van der Waals surface area (Å²) in [6.07, 6.45) is 0. The fraction of sp³-hybridized carbons (Fsp3) is 0.571. The minimum absolute atomic E-state index is 0.183. The van der Waals surface area contributed by atoms with Crippen molar-refractivity contribution in [3.8, 4) is 0 Å². The van der Waals surface area contributed by atoms with E-state index in [4.69, 9.17) is 11.6 Å². The van der Waals surface area contributed by atoms with E-state index in [-0.39, 0.29) is 10.8 Å². The molecule has 0 saturated carbocycles. The lowest BCUT2D eigenvalue weighted by atomic mass is 10.0. The van der Waals surface area contributed by atoms with Crippen molar-refractivity contribution < 1.29 is 4.39 Å². The molecule has 2 nitrogen and oxygen atoms in total. The van der Waals surface area contributed by atoms with Gasteiger partial charge in [0.1, 0.15) is 5.82 Å². The first kappa shape index (κ1) is 15.4. The highest BCUT2D eigenvalue weighted by Gasteiger charge is 2.15. The molecular weight excluding hydrogens is 251 g/mol. The molecule has 0 saturated heterocycles. The molecule has 1 atom stereocenters. The summed E-state index contributed by atoms with van der Waals surface area (Å²) in [6, 6.07) is 5.53. The molecule has 0 heterocycles. The lowest BCUT2D eigenvalue weighted by Gasteiger charge is -2.28. The standard InChI is InChI=1S/C14H22ClFN2/c1-10(2)13(18(3)4)9-17-8-11-6-5-7-12(15)14(11)16/h5-7,10,13,17H,8-9H2,1-4H3. The molecule has 1 N–H and O–H groups in total. The van der Waals surface area contributed by atoms with Gasteiger partial charge < -0.3 is 10.2 Å². The zero-order valence-electron chi connectivity index (χ0n) is 11.5. The van der Waals surface area contributed by atoms with Gasteiger partial charge in [0.25, 0.3) is 0 Å². The van der Waals surface area contributed by atoms with E-state index in [0.29, 0.717) is 24.1 Å². The topological polar surface area (TPSA) is 15.3 Å². The number of likely N-dealkylation sites (N-methyl/N-ethyl adjacent to an activating group) is 1. The Morgan fingerprint density at radius 1 is 1.33 bits per heavy atom. The van der Waals surface area contributed by atoms with Crippen LogP contribution in [0.25, 0.3) is 0 Å². The number of nitrogens with one attached hydrogen (secondary N) is 1. The van der Waals surface area contributed by atoms with Gasteiger partial charge in [-0.1, -0.05) is 37.6 Å². The lowest BCUT2D eigenvalue weighted by Crippen LogP contribution is -2.41. The summed E-state index contributed by atoms with van der Waals surface area (Å²) in [6.45, 7) is 5.71. The van der Waals surface area contributed by atoms with Gasteiger partial charge in [0.2, 0.25) is 0 Å². The van der Waals surface area contributed by atoms with Crippen molar-refractivity contribution >= 4 is 11.6 Å². The second-order valence-electron chi connectivity index (χ2n) is 5.12. The van der Waals surface area contributed by atoms with E-state index >= 15 is 0 Å². The SMILES string of the molecule is CC(C)C(CNCc1cccc(Cl)c1F)N(C)C. The van der Waals surface area contributed by atoms with E-state index in [2.05, 4.69) is 38.2 Å². The van der Waals surface area contributed by atoms with Gasteiger partial charge in [0.15, 0.2) is 0 Å². The molecule has 0 radical (unpaired) electrons. The Balaban J connectivity index is 2.53. The average Bonchev–Trinajstić information content (AvgIpc) is 2.28. The summed E-state index contributed by atoms with van der Waals surface area (Å²) in [4.78, 5) is 2.19. The number of nitrogens with zero attached hydrogens (tertiary/aromatic N) is 1. The molecule has 1 aromatic rings. The highest BCUT2D eigenvalue weighted by atomic mass is 35.5. The molecule has 18 heavy (non-hydrogen) atoms. The number of hydrogen-bond acceptors (Lipinski definition) is 2. The van der Waals surface area contributed by atoms with Gasteiger partial charge >= 0.3 is 0 Å². The minimum atomic E-state index is -0.322. The Morgan fingerprint density at radius 2 is 2.00 bits per heavy atom. The van der Waals surface area contributed by atoms with Gasteiger partial charge in [-0.25, -0.2) is 4.39 Å². The third-order valence-electron chi connectivity index (χ3n) is 3.13. The van der Waals surface area contributed by atoms with Crippen LogP contribution in [0.4, 0.5) is 4.39 Å². The third-order valence-corrected chi connectivity index (χ3v) is 3.43. The molecule has 4 heteroatoms. The van der Waals surface area contributed by atoms with Crippen LogP contribution in [0.1, 0.15) is 19.4 Å². The van der Waals surface area contributed by atoms with Gasteiger partial charge in [-0.2, -0.15) is 0 Å². The van der Waals surface area contributed by atoms with Gasteiger partial charge in [-0.15, -0.1) is 0 Å². The molecule has 0 fully saturated rings. The van der Waals surface area contributed by atoms with Crippen LogP contribution in [0.3, 0.4) is 0 Å². The molecule has 1 unspecified atom stereocenters. The van der Waals surface area contributed by atoms with E-state index in [1.54, 1.807) is 18.2 Å². The number of halogens is 2. The predicted octanol–water partition coefficient (Wildman–Crippen LogP) is 3.15. The van der Waals surface area contributed by atoms with Crippen LogP contribution in [-0.4, -0.2) is 31.6 Å². The van der Waals surface area contributed by atoms with Crippen LogP contribution in [0.2, 0.25) is 5.02 Å². The lowest BCUT2D eigenvalue weighted by molar-refractivity contribution is 0.224. The molecule has 0 bridgehead atoms. The molecular formula is C14H22ClFN2. The molecule has 0 spiro atoms. The molecule has 0 aliphatic rings. The summed E-state index contributed by atoms with van der Waals surface area (Å²) in [7, 11) is 4.12. The Labute approximate surface area is 114 Å². The van der Waals surface area contributed by atoms with Crippen molar-refractivity contribution in [3.05, 3.63) is 34.6 Å². The molecule has 1 aromatic carbocycles. The average molecular weight is 273 g/mol. The van der Waals surface area contributed by atoms with E-state index < -0.39 is 0 Å². The largest absolute Gasteiger partial charge is 0.311 e. The van der Waals surface area contributed by atoms with Crippen LogP contribution in [0.5, 0.6) is 0 Å². The first-order valence-corrected chi connectivity index (χ1v) is 6.61. The first-order valence-electron chi connectivity index (χ1n) is 6.23. The van der Waals surface area contributed by atoms with Crippen LogP contribution in [-0.2, 0) is 6.54 Å². The molecule has 0 aliphatic carbocycles. The Hall–Kier alpha value is -0.640. The zero-order chi connectivity index (χ0) is 13.7. The van der Waals surface area contributed by atoms with Crippen LogP contribution in [0, 0.1) is 11.7 Å². The quantitative estimate of drug-likeness (QED) is 0.856. The molecule has 0 aliphatic heterocycles. The van der Waals surface area contributed by atoms with Crippen LogP contribution >= 0.6 is 11.6 Å². The second-order valence-corrected chi connectivity index (χ2v) is 5.53. The number of benzene rings is 1. The van der Waals surface area contributed by atoms with E-state index in [9.17, 15) is 4.39 Å². The summed E-state index contributed by atoms with van der Waals surface area (Å²) in [5.74, 6) is 0.231. The first-order chi connectivity index (χ1) is 8.43. The maximum absolute atomic E-state index is 13.7. The highest BCUT2D eigenvalue weighted by molar-refractivity contribution is 6.30. The monoisotopic (exact) mass is 272 g/mol. The van der Waals surface area contributed by atoms with Gasteiger partial charge in [-0.3, -0.25) is 0 Å². The normalized spacial score (nSPS) is 13.3. The number of rotatable bonds is 6. The van der Waals surface area contributed by atoms with Gasteiger partial charge in [0.05, 0.1) is 5.02 Å². The van der Waals surface area contributed by atoms with Crippen LogP contribution in [0.15, 0.2) is 18.2 Å². The summed E-state index contributed by atoms with van der Waals surface area (Å²) in [5.41, 5.74) is 0.615. The third kappa shape index (κ3) is 4.23. The summed E-state index contributed by atoms with van der Waals surface area (Å²) >= 11 is 5.75. The van der Waals surface area contributed by atoms with Gasteiger partial charge in [0, 0.05) is 24.7 Å². The maximum Gasteiger partial charge on any atom is 0.146 e. The van der Waals surface area contributed by atoms with Crippen LogP contribution < -0.4 is 5.32 Å². The van der Waals surface area contributed by atoms with Crippen molar-refractivity contribution in [3.63, 3.8) is 0 Å². The molecule has 1 rings (SSSR count). The van der Waals surface area contributed by atoms with Crippen molar-refractivity contribution in [1.29, 1.82) is 0 Å². The molecule has 102 valence electrons. The summed E-state index contributed by atoms with van der Waals surface area (Å²) in [5, 5.41) is 3.47. The smallest absolute Gasteiger partial charge is 0.146 e. The number of hydrogen-bond donors (Lipinski definition) is 1. The van der Waals surface area contributed by atoms with Crippen molar-refractivity contribution in [2.45, 2.75) is 26.4 Å². The van der Waals surface area contributed by atoms with Crippen molar-refractivity contribution in [2.24, 2.45) is 5.92 Å². The van der Waals surface area contributed by atoms with Crippen molar-refractivity contribution in [2.75, 3.05) is 20.6 Å². The Kier molecular flexibility index (Phi) is 6.06. The van der Waals surface area contributed by atoms with E-state index in [0.717, 1.165) is 6.54 Å². The van der Waals surface area contributed by atoms with Gasteiger partial charge in [-0.05, 0) is 26.1 Å². The van der Waals surface area contributed by atoms with E-state index in [1.165, 1.54) is 0 Å². The molecule has 0 aromatic heterocycles. The predicted molar refractivity (Wildman–Crippen MR) is 75.4 cm³/mol. The molecule has 0 amide bonds. The zero-order valence-corrected chi connectivity index (χ0v) is 12.3. The van der Waals surface area contributed by atoms with Crippen molar-refractivity contribution in [1.82, 2.24) is 10.2 Å². The fourth-order valence-electron chi connectivity index (χ4n) is 2.05. The maximum atomic E-state index is 13.7. The fourth-order valence-corrected chi connectivity index (χ4v) is 2.25. The Morgan fingerprint density at radius 3 is 2.56 bits per heavy atom. The minimum Gasteiger partial charge on any atom is -0.311 e. The Bertz CT molecular complexity index is 372. The second kappa shape index (κ2) is 7.07. The highest BCUT2D eigenvalue weighted by Crippen LogP contribution is 2.17.